The largest absolute Gasteiger partial charge is 0.439 e. The van der Waals surface area contributed by atoms with Crippen LogP contribution in [0, 0.1) is 0 Å². The van der Waals surface area contributed by atoms with Gasteiger partial charge in [-0.1, -0.05) is 30.3 Å². The van der Waals surface area contributed by atoms with Crippen LogP contribution in [0.2, 0.25) is 0 Å². The predicted molar refractivity (Wildman–Crippen MR) is 94.9 cm³/mol. The Bertz CT molecular complexity index is 909. The number of rotatable bonds is 2. The molecule has 0 radical (unpaired) electrons. The van der Waals surface area contributed by atoms with Crippen LogP contribution in [0.15, 0.2) is 47.3 Å². The third-order valence-corrected chi connectivity index (χ3v) is 4.92. The quantitative estimate of drug-likeness (QED) is 0.861. The summed E-state index contributed by atoms with van der Waals surface area (Å²) in [7, 11) is 0. The van der Waals surface area contributed by atoms with Gasteiger partial charge < -0.3 is 19.9 Å². The van der Waals surface area contributed by atoms with Gasteiger partial charge in [0.2, 0.25) is 0 Å². The number of hydrogen-bond acceptors (Lipinski definition) is 4. The Morgan fingerprint density at radius 2 is 1.92 bits per heavy atom. The van der Waals surface area contributed by atoms with Gasteiger partial charge in [-0.2, -0.15) is 0 Å². The zero-order chi connectivity index (χ0) is 18.1. The minimum Gasteiger partial charge on any atom is -0.439 e. The normalized spacial score (nSPS) is 22.2. The van der Waals surface area contributed by atoms with Crippen molar-refractivity contribution in [2.75, 3.05) is 19.6 Å². The maximum Gasteiger partial charge on any atom is 0.407 e. The summed E-state index contributed by atoms with van der Waals surface area (Å²) in [6.07, 6.45) is 0.976. The summed E-state index contributed by atoms with van der Waals surface area (Å²) >= 11 is 0. The molecular weight excluding hydrogens is 334 g/mol. The van der Waals surface area contributed by atoms with Gasteiger partial charge in [-0.3, -0.25) is 9.59 Å². The van der Waals surface area contributed by atoms with E-state index in [0.29, 0.717) is 31.7 Å². The fourth-order valence-corrected chi connectivity index (χ4v) is 3.60. The van der Waals surface area contributed by atoms with E-state index < -0.39 is 17.3 Å². The smallest absolute Gasteiger partial charge is 0.407 e. The summed E-state index contributed by atoms with van der Waals surface area (Å²) in [6, 6.07) is 12.7. The number of amides is 2. The first-order chi connectivity index (χ1) is 12.6. The van der Waals surface area contributed by atoms with Crippen molar-refractivity contribution in [2.24, 2.45) is 0 Å². The van der Waals surface area contributed by atoms with E-state index in [1.807, 2.05) is 30.3 Å². The molecule has 2 fully saturated rings. The molecule has 1 spiro atoms. The first-order valence-electron chi connectivity index (χ1n) is 8.61. The summed E-state index contributed by atoms with van der Waals surface area (Å²) in [5.74, 6) is -0.340. The number of aromatic amines is 1. The van der Waals surface area contributed by atoms with Gasteiger partial charge in [0.15, 0.2) is 0 Å². The van der Waals surface area contributed by atoms with Gasteiger partial charge in [0.05, 0.1) is 13.1 Å². The first kappa shape index (κ1) is 16.4. The summed E-state index contributed by atoms with van der Waals surface area (Å²) < 4.78 is 5.38. The molecule has 2 aromatic rings. The number of carbonyl (C=O) groups excluding carboxylic acids is 2. The average Bonchev–Trinajstić information content (AvgIpc) is 3.01. The maximum atomic E-state index is 12.8. The SMILES string of the molecule is O=C1NCC2(CCCN(C(=O)c3ccc(-c4ccccc4)[nH]c3=O)C2)O1. The van der Waals surface area contributed by atoms with Crippen LogP contribution in [0.5, 0.6) is 0 Å². The second-order valence-corrected chi connectivity index (χ2v) is 6.74. The van der Waals surface area contributed by atoms with Crippen LogP contribution >= 0.6 is 0 Å². The number of nitrogens with one attached hydrogen (secondary N) is 2. The highest BCUT2D eigenvalue weighted by Crippen LogP contribution is 2.28. The summed E-state index contributed by atoms with van der Waals surface area (Å²) in [5.41, 5.74) is 0.541. The molecule has 1 aromatic heterocycles. The van der Waals surface area contributed by atoms with Crippen molar-refractivity contribution < 1.29 is 14.3 Å². The Kier molecular flexibility index (Phi) is 3.99. The number of hydrogen-bond donors (Lipinski definition) is 2. The van der Waals surface area contributed by atoms with Crippen molar-refractivity contribution in [2.45, 2.75) is 18.4 Å². The topological polar surface area (TPSA) is 91.5 Å². The number of alkyl carbamates (subject to hydrolysis) is 1. The Balaban J connectivity index is 1.56. The van der Waals surface area contributed by atoms with E-state index >= 15 is 0 Å². The molecule has 1 atom stereocenters. The van der Waals surface area contributed by atoms with Crippen molar-refractivity contribution in [3.8, 4) is 11.3 Å². The zero-order valence-electron chi connectivity index (χ0n) is 14.2. The number of pyridine rings is 1. The Morgan fingerprint density at radius 1 is 1.12 bits per heavy atom. The van der Waals surface area contributed by atoms with Crippen LogP contribution < -0.4 is 10.9 Å². The second-order valence-electron chi connectivity index (χ2n) is 6.74. The number of carbonyl (C=O) groups is 2. The van der Waals surface area contributed by atoms with E-state index in [9.17, 15) is 14.4 Å². The van der Waals surface area contributed by atoms with E-state index in [2.05, 4.69) is 10.3 Å². The van der Waals surface area contributed by atoms with Crippen molar-refractivity contribution in [3.63, 3.8) is 0 Å². The Labute approximate surface area is 150 Å². The maximum absolute atomic E-state index is 12.8. The van der Waals surface area contributed by atoms with Crippen LogP contribution in [0.3, 0.4) is 0 Å². The summed E-state index contributed by atoms with van der Waals surface area (Å²) in [4.78, 5) is 41.1. The number of benzene rings is 1. The Morgan fingerprint density at radius 3 is 2.62 bits per heavy atom. The number of aromatic nitrogens is 1. The highest BCUT2D eigenvalue weighted by atomic mass is 16.6. The molecule has 0 aliphatic carbocycles. The van der Waals surface area contributed by atoms with Crippen LogP contribution in [-0.2, 0) is 4.74 Å². The molecule has 2 aliphatic heterocycles. The van der Waals surface area contributed by atoms with Gasteiger partial charge in [0, 0.05) is 12.2 Å². The lowest BCUT2D eigenvalue weighted by Crippen LogP contribution is -2.52. The van der Waals surface area contributed by atoms with Gasteiger partial charge in [0.1, 0.15) is 11.2 Å². The first-order valence-corrected chi connectivity index (χ1v) is 8.61. The second kappa shape index (κ2) is 6.33. The number of likely N-dealkylation sites (tertiary alicyclic amines) is 1. The van der Waals surface area contributed by atoms with Crippen molar-refractivity contribution >= 4 is 12.0 Å². The molecule has 7 heteroatoms. The zero-order valence-corrected chi connectivity index (χ0v) is 14.2. The summed E-state index contributed by atoms with van der Waals surface area (Å²) in [6.45, 7) is 1.22. The average molecular weight is 353 g/mol. The molecular formula is C19H19N3O4. The van der Waals surface area contributed by atoms with Gasteiger partial charge in [-0.25, -0.2) is 4.79 Å². The highest BCUT2D eigenvalue weighted by molar-refractivity contribution is 5.94. The predicted octanol–water partition coefficient (Wildman–Crippen LogP) is 1.76. The lowest BCUT2D eigenvalue weighted by Gasteiger charge is -2.38. The van der Waals surface area contributed by atoms with E-state index in [1.54, 1.807) is 17.0 Å². The number of nitrogens with zero attached hydrogens (tertiary/aromatic N) is 1. The van der Waals surface area contributed by atoms with Crippen molar-refractivity contribution in [3.05, 3.63) is 58.4 Å². The number of ether oxygens (including phenoxy) is 1. The van der Waals surface area contributed by atoms with Crippen LogP contribution in [0.25, 0.3) is 11.3 Å². The van der Waals surface area contributed by atoms with E-state index in [0.717, 1.165) is 12.0 Å². The van der Waals surface area contributed by atoms with Gasteiger partial charge in [-0.15, -0.1) is 0 Å². The molecule has 4 rings (SSSR count). The van der Waals surface area contributed by atoms with Gasteiger partial charge >= 0.3 is 6.09 Å². The molecule has 2 saturated heterocycles. The van der Waals surface area contributed by atoms with Crippen molar-refractivity contribution in [1.29, 1.82) is 0 Å². The van der Waals surface area contributed by atoms with E-state index in [-0.39, 0.29) is 11.5 Å². The lowest BCUT2D eigenvalue weighted by atomic mass is 9.92. The minimum absolute atomic E-state index is 0.0963. The van der Waals surface area contributed by atoms with Crippen LogP contribution in [0.1, 0.15) is 23.2 Å². The molecule has 134 valence electrons. The monoisotopic (exact) mass is 353 g/mol. The third kappa shape index (κ3) is 2.96. The lowest BCUT2D eigenvalue weighted by molar-refractivity contribution is -0.00510. The molecule has 1 aromatic carbocycles. The molecule has 2 amide bonds. The Hall–Kier alpha value is -3.09. The molecule has 3 heterocycles. The van der Waals surface area contributed by atoms with Crippen molar-refractivity contribution in [1.82, 2.24) is 15.2 Å². The standard InChI is InChI=1S/C19H19N3O4/c23-16-14(7-8-15(21-16)13-5-2-1-3-6-13)17(24)22-10-4-9-19(12-22)11-20-18(25)26-19/h1-3,5-8H,4,9-12H2,(H,20,25)(H,21,23). The fraction of sp³-hybridized carbons (Fsp3) is 0.316. The van der Waals surface area contributed by atoms with Gasteiger partial charge in [0.25, 0.3) is 11.5 Å². The molecule has 2 N–H and O–H groups in total. The fourth-order valence-electron chi connectivity index (χ4n) is 3.60. The van der Waals surface area contributed by atoms with Gasteiger partial charge in [-0.05, 0) is 30.5 Å². The molecule has 26 heavy (non-hydrogen) atoms. The number of piperidine rings is 1. The molecule has 1 unspecified atom stereocenters. The van der Waals surface area contributed by atoms with E-state index in [1.165, 1.54) is 0 Å². The molecule has 2 aliphatic rings. The van der Waals surface area contributed by atoms with Crippen LogP contribution in [-0.4, -0.2) is 47.1 Å². The minimum atomic E-state index is -0.679. The third-order valence-electron chi connectivity index (χ3n) is 4.92. The molecule has 0 saturated carbocycles. The molecule has 0 bridgehead atoms. The molecule has 7 nitrogen and oxygen atoms in total. The highest BCUT2D eigenvalue weighted by Gasteiger charge is 2.45. The van der Waals surface area contributed by atoms with E-state index in [4.69, 9.17) is 4.74 Å². The van der Waals surface area contributed by atoms with Crippen LogP contribution in [0.4, 0.5) is 4.79 Å². The number of H-pyrrole nitrogens is 1. The summed E-state index contributed by atoms with van der Waals surface area (Å²) in [5, 5.41) is 2.65.